The topological polar surface area (TPSA) is 115 Å². The summed E-state index contributed by atoms with van der Waals surface area (Å²) < 4.78 is 0. The molecule has 0 fully saturated rings. The number of rotatable bonds is 3. The summed E-state index contributed by atoms with van der Waals surface area (Å²) in [5.74, 6) is 0.344. The number of non-ortho nitro benzene ring substituents is 2. The van der Waals surface area contributed by atoms with Crippen LogP contribution in [0.2, 0.25) is 0 Å². The molecule has 0 radical (unpaired) electrons. The summed E-state index contributed by atoms with van der Waals surface area (Å²) in [6.07, 6.45) is 2.99. The van der Waals surface area contributed by atoms with Crippen molar-refractivity contribution in [1.82, 2.24) is 9.97 Å². The number of imidazole rings is 1. The van der Waals surface area contributed by atoms with Gasteiger partial charge in [-0.2, -0.15) is 0 Å². The fourth-order valence-electron chi connectivity index (χ4n) is 1.37. The molecule has 0 amide bonds. The Labute approximate surface area is 94.2 Å². The molecule has 1 heterocycles. The van der Waals surface area contributed by atoms with E-state index in [-0.39, 0.29) is 11.4 Å². The maximum Gasteiger partial charge on any atom is 0.277 e. The highest BCUT2D eigenvalue weighted by atomic mass is 16.6. The summed E-state index contributed by atoms with van der Waals surface area (Å²) >= 11 is 0. The molecule has 86 valence electrons. The van der Waals surface area contributed by atoms with Gasteiger partial charge in [0.15, 0.2) is 0 Å². The van der Waals surface area contributed by atoms with Gasteiger partial charge in [-0.1, -0.05) is 0 Å². The molecule has 2 aromatic rings. The molecule has 0 atom stereocenters. The SMILES string of the molecule is O=[N+]([O-])c1cc(-c2ncc[nH]2)cc([N+](=O)[O-])c1. The molecule has 8 heteroatoms. The van der Waals surface area contributed by atoms with E-state index in [1.54, 1.807) is 0 Å². The summed E-state index contributed by atoms with van der Waals surface area (Å²) in [5.41, 5.74) is -0.382. The predicted molar refractivity (Wildman–Crippen MR) is 57.3 cm³/mol. The number of benzene rings is 1. The highest BCUT2D eigenvalue weighted by Crippen LogP contribution is 2.27. The number of H-pyrrole nitrogens is 1. The van der Waals surface area contributed by atoms with Gasteiger partial charge in [-0.25, -0.2) is 4.98 Å². The Morgan fingerprint density at radius 3 is 2.06 bits per heavy atom. The highest BCUT2D eigenvalue weighted by Gasteiger charge is 2.17. The van der Waals surface area contributed by atoms with E-state index in [0.717, 1.165) is 6.07 Å². The number of nitrogens with zero attached hydrogens (tertiary/aromatic N) is 3. The van der Waals surface area contributed by atoms with E-state index in [2.05, 4.69) is 9.97 Å². The van der Waals surface area contributed by atoms with E-state index in [1.165, 1.54) is 24.5 Å². The second-order valence-corrected chi connectivity index (χ2v) is 3.19. The third-order valence-corrected chi connectivity index (χ3v) is 2.10. The van der Waals surface area contributed by atoms with Gasteiger partial charge in [-0.05, 0) is 0 Å². The number of nitro groups is 2. The third-order valence-electron chi connectivity index (χ3n) is 2.10. The molecule has 0 bridgehead atoms. The van der Waals surface area contributed by atoms with Crippen LogP contribution in [0.25, 0.3) is 11.4 Å². The smallest absolute Gasteiger partial charge is 0.277 e. The van der Waals surface area contributed by atoms with Crippen molar-refractivity contribution in [1.29, 1.82) is 0 Å². The molecule has 1 N–H and O–H groups in total. The van der Waals surface area contributed by atoms with Crippen molar-refractivity contribution < 1.29 is 9.85 Å². The minimum atomic E-state index is -0.681. The quantitative estimate of drug-likeness (QED) is 0.643. The van der Waals surface area contributed by atoms with E-state index < -0.39 is 9.85 Å². The summed E-state index contributed by atoms with van der Waals surface area (Å²) in [6.45, 7) is 0. The summed E-state index contributed by atoms with van der Waals surface area (Å²) in [4.78, 5) is 26.6. The lowest BCUT2D eigenvalue weighted by atomic mass is 10.1. The first kappa shape index (κ1) is 10.7. The van der Waals surface area contributed by atoms with Crippen LogP contribution in [0.3, 0.4) is 0 Å². The maximum absolute atomic E-state index is 10.6. The molecule has 0 aliphatic carbocycles. The molecular weight excluding hydrogens is 228 g/mol. The van der Waals surface area contributed by atoms with Gasteiger partial charge in [0.1, 0.15) is 5.82 Å². The van der Waals surface area contributed by atoms with Crippen molar-refractivity contribution in [3.63, 3.8) is 0 Å². The van der Waals surface area contributed by atoms with Gasteiger partial charge in [-0.3, -0.25) is 20.2 Å². The second kappa shape index (κ2) is 4.00. The van der Waals surface area contributed by atoms with Crippen LogP contribution >= 0.6 is 0 Å². The lowest BCUT2D eigenvalue weighted by Crippen LogP contribution is -1.94. The largest absolute Gasteiger partial charge is 0.345 e. The molecule has 1 aromatic heterocycles. The van der Waals surface area contributed by atoms with E-state index >= 15 is 0 Å². The van der Waals surface area contributed by atoms with E-state index in [1.807, 2.05) is 0 Å². The van der Waals surface area contributed by atoms with E-state index in [9.17, 15) is 20.2 Å². The lowest BCUT2D eigenvalue weighted by molar-refractivity contribution is -0.394. The Morgan fingerprint density at radius 2 is 1.65 bits per heavy atom. The summed E-state index contributed by atoms with van der Waals surface area (Å²) in [7, 11) is 0. The zero-order valence-corrected chi connectivity index (χ0v) is 8.36. The standard InChI is InChI=1S/C9H6N4O4/c14-12(15)7-3-6(9-10-1-2-11-9)4-8(5-7)13(16)17/h1-5H,(H,10,11). The van der Waals surface area contributed by atoms with Crippen molar-refractivity contribution in [2.75, 3.05) is 0 Å². The van der Waals surface area contributed by atoms with E-state index in [0.29, 0.717) is 11.4 Å². The molecule has 0 saturated heterocycles. The normalized spacial score (nSPS) is 10.1. The van der Waals surface area contributed by atoms with E-state index in [4.69, 9.17) is 0 Å². The van der Waals surface area contributed by atoms with Gasteiger partial charge < -0.3 is 4.98 Å². The van der Waals surface area contributed by atoms with Crippen molar-refractivity contribution in [2.45, 2.75) is 0 Å². The Balaban J connectivity index is 2.60. The molecule has 0 unspecified atom stereocenters. The fraction of sp³-hybridized carbons (Fsp3) is 0. The first-order chi connectivity index (χ1) is 8.08. The minimum Gasteiger partial charge on any atom is -0.345 e. The van der Waals surface area contributed by atoms with Crippen LogP contribution in [0.4, 0.5) is 11.4 Å². The monoisotopic (exact) mass is 234 g/mol. The van der Waals surface area contributed by atoms with Gasteiger partial charge in [-0.15, -0.1) is 0 Å². The Kier molecular flexibility index (Phi) is 2.53. The average Bonchev–Trinajstić information content (AvgIpc) is 2.81. The number of nitrogens with one attached hydrogen (secondary N) is 1. The Morgan fingerprint density at radius 1 is 1.06 bits per heavy atom. The zero-order valence-electron chi connectivity index (χ0n) is 8.36. The van der Waals surface area contributed by atoms with Gasteiger partial charge in [0.25, 0.3) is 11.4 Å². The van der Waals surface area contributed by atoms with Crippen molar-refractivity contribution in [3.05, 3.63) is 50.8 Å². The molecule has 0 aliphatic heterocycles. The van der Waals surface area contributed by atoms with Gasteiger partial charge >= 0.3 is 0 Å². The number of nitro benzene ring substituents is 2. The molecule has 0 saturated carbocycles. The Hall–Kier alpha value is -2.77. The first-order valence-electron chi connectivity index (χ1n) is 4.51. The molecular formula is C9H6N4O4. The number of hydrogen-bond acceptors (Lipinski definition) is 5. The molecule has 17 heavy (non-hydrogen) atoms. The summed E-state index contributed by atoms with van der Waals surface area (Å²) in [6, 6.07) is 3.37. The Bertz CT molecular complexity index is 546. The second-order valence-electron chi connectivity index (χ2n) is 3.19. The first-order valence-corrected chi connectivity index (χ1v) is 4.51. The highest BCUT2D eigenvalue weighted by molar-refractivity contribution is 5.64. The average molecular weight is 234 g/mol. The van der Waals surface area contributed by atoms with Crippen molar-refractivity contribution in [3.8, 4) is 11.4 Å². The summed E-state index contributed by atoms with van der Waals surface area (Å²) in [5, 5.41) is 21.3. The minimum absolute atomic E-state index is 0.302. The molecule has 8 nitrogen and oxygen atoms in total. The molecule has 0 aliphatic rings. The number of hydrogen-bond donors (Lipinski definition) is 1. The van der Waals surface area contributed by atoms with Crippen LogP contribution in [0.1, 0.15) is 0 Å². The predicted octanol–water partition coefficient (Wildman–Crippen LogP) is 1.89. The van der Waals surface area contributed by atoms with Crippen LogP contribution in [0, 0.1) is 20.2 Å². The fourth-order valence-corrected chi connectivity index (χ4v) is 1.37. The number of aromatic amines is 1. The third kappa shape index (κ3) is 2.09. The van der Waals surface area contributed by atoms with Crippen LogP contribution in [-0.2, 0) is 0 Å². The van der Waals surface area contributed by atoms with Gasteiger partial charge in [0.05, 0.1) is 15.9 Å². The maximum atomic E-state index is 10.6. The van der Waals surface area contributed by atoms with Crippen LogP contribution in [0.5, 0.6) is 0 Å². The van der Waals surface area contributed by atoms with Crippen molar-refractivity contribution >= 4 is 11.4 Å². The lowest BCUT2D eigenvalue weighted by Gasteiger charge is -1.98. The van der Waals surface area contributed by atoms with Crippen molar-refractivity contribution in [2.24, 2.45) is 0 Å². The number of aromatic nitrogens is 2. The van der Waals surface area contributed by atoms with Gasteiger partial charge in [0.2, 0.25) is 0 Å². The molecule has 2 rings (SSSR count). The van der Waals surface area contributed by atoms with Crippen LogP contribution < -0.4 is 0 Å². The van der Waals surface area contributed by atoms with Gasteiger partial charge in [0, 0.05) is 30.1 Å². The van der Waals surface area contributed by atoms with Crippen LogP contribution in [0.15, 0.2) is 30.6 Å². The van der Waals surface area contributed by atoms with Crippen LogP contribution in [-0.4, -0.2) is 19.8 Å². The molecule has 1 aromatic carbocycles. The zero-order chi connectivity index (χ0) is 12.4. The molecule has 0 spiro atoms.